The van der Waals surface area contributed by atoms with Crippen molar-refractivity contribution < 1.29 is 19.4 Å². The molecule has 0 saturated carbocycles. The van der Waals surface area contributed by atoms with E-state index in [0.29, 0.717) is 28.2 Å². The Balaban J connectivity index is 2.60. The average Bonchev–Trinajstić information content (AvgIpc) is 2.50. The number of carboxylic acids is 1. The molecule has 1 aromatic carbocycles. The second-order valence-electron chi connectivity index (χ2n) is 5.27. The van der Waals surface area contributed by atoms with Crippen LogP contribution in [0.1, 0.15) is 13.8 Å². The molecule has 0 amide bonds. The topological polar surface area (TPSA) is 93.6 Å². The van der Waals surface area contributed by atoms with Crippen LogP contribution in [0, 0.1) is 5.92 Å². The van der Waals surface area contributed by atoms with Crippen molar-refractivity contribution in [3.8, 4) is 11.5 Å². The number of halogens is 1. The van der Waals surface area contributed by atoms with Crippen molar-refractivity contribution in [2.45, 2.75) is 19.9 Å². The zero-order valence-corrected chi connectivity index (χ0v) is 14.0. The Kier molecular flexibility index (Phi) is 5.10. The van der Waals surface area contributed by atoms with Gasteiger partial charge in [0.25, 0.3) is 0 Å². The maximum atomic E-state index is 11.4. The van der Waals surface area contributed by atoms with E-state index in [1.165, 1.54) is 14.2 Å². The second-order valence-corrected chi connectivity index (χ2v) is 5.61. The lowest BCUT2D eigenvalue weighted by molar-refractivity contribution is -0.138. The number of rotatable bonds is 6. The molecule has 124 valence electrons. The van der Waals surface area contributed by atoms with E-state index >= 15 is 0 Å². The van der Waals surface area contributed by atoms with Crippen LogP contribution in [0.5, 0.6) is 11.5 Å². The second kappa shape index (κ2) is 6.87. The van der Waals surface area contributed by atoms with Crippen LogP contribution >= 0.6 is 11.6 Å². The van der Waals surface area contributed by atoms with E-state index < -0.39 is 12.0 Å². The van der Waals surface area contributed by atoms with Crippen molar-refractivity contribution in [3.05, 3.63) is 17.4 Å². The summed E-state index contributed by atoms with van der Waals surface area (Å²) in [7, 11) is 3.03. The summed E-state index contributed by atoms with van der Waals surface area (Å²) in [5.41, 5.74) is 0.526. The number of hydrogen-bond acceptors (Lipinski definition) is 6. The third-order valence-corrected chi connectivity index (χ3v) is 3.57. The Hall–Kier alpha value is -2.28. The summed E-state index contributed by atoms with van der Waals surface area (Å²) in [6.07, 6.45) is 0. The van der Waals surface area contributed by atoms with Gasteiger partial charge in [-0.2, -0.15) is 0 Å². The van der Waals surface area contributed by atoms with Crippen molar-refractivity contribution in [2.24, 2.45) is 5.92 Å². The Morgan fingerprint density at radius 1 is 1.22 bits per heavy atom. The number of hydrogen-bond donors (Lipinski definition) is 2. The molecule has 0 radical (unpaired) electrons. The van der Waals surface area contributed by atoms with Crippen LogP contribution in [0.3, 0.4) is 0 Å². The highest BCUT2D eigenvalue weighted by Crippen LogP contribution is 2.34. The molecule has 7 nitrogen and oxygen atoms in total. The van der Waals surface area contributed by atoms with Crippen LogP contribution in [0.4, 0.5) is 5.82 Å². The number of methoxy groups -OCH3 is 2. The molecule has 2 rings (SSSR count). The molecule has 0 bridgehead atoms. The Bertz CT molecular complexity index is 736. The number of benzene rings is 1. The lowest BCUT2D eigenvalue weighted by Crippen LogP contribution is -2.34. The molecular formula is C15H18ClN3O4. The molecule has 2 aromatic rings. The van der Waals surface area contributed by atoms with Crippen LogP contribution in [0.15, 0.2) is 12.1 Å². The Morgan fingerprint density at radius 3 is 2.35 bits per heavy atom. The summed E-state index contributed by atoms with van der Waals surface area (Å²) in [6, 6.07) is 2.54. The lowest BCUT2D eigenvalue weighted by atomic mass is 10.0. The molecule has 1 unspecified atom stereocenters. The van der Waals surface area contributed by atoms with Gasteiger partial charge in [-0.1, -0.05) is 13.8 Å². The fraction of sp³-hybridized carbons (Fsp3) is 0.400. The lowest BCUT2D eigenvalue weighted by Gasteiger charge is -2.20. The third kappa shape index (κ3) is 3.56. The number of carbonyl (C=O) groups is 1. The van der Waals surface area contributed by atoms with Gasteiger partial charge in [-0.15, -0.1) is 0 Å². The fourth-order valence-corrected chi connectivity index (χ4v) is 2.37. The van der Waals surface area contributed by atoms with Crippen LogP contribution in [0.25, 0.3) is 10.9 Å². The quantitative estimate of drug-likeness (QED) is 0.781. The van der Waals surface area contributed by atoms with Crippen molar-refractivity contribution in [1.82, 2.24) is 9.97 Å². The van der Waals surface area contributed by atoms with Crippen molar-refractivity contribution in [1.29, 1.82) is 0 Å². The fourth-order valence-electron chi connectivity index (χ4n) is 2.20. The standard InChI is InChI=1S/C15H18ClN3O4/c1-7(2)12(14(20)21)18-13-8-5-10(22-3)11(23-4)6-9(8)17-15(16)19-13/h5-7,12H,1-4H3,(H,20,21)(H,17,18,19). The van der Waals surface area contributed by atoms with Gasteiger partial charge in [0.2, 0.25) is 5.28 Å². The molecule has 0 aliphatic rings. The average molecular weight is 340 g/mol. The molecule has 0 saturated heterocycles. The van der Waals surface area contributed by atoms with Gasteiger partial charge < -0.3 is 19.9 Å². The number of aromatic nitrogens is 2. The zero-order chi connectivity index (χ0) is 17.1. The molecule has 0 aliphatic carbocycles. The molecule has 0 fully saturated rings. The number of fused-ring (bicyclic) bond motifs is 1. The smallest absolute Gasteiger partial charge is 0.326 e. The largest absolute Gasteiger partial charge is 0.493 e. The van der Waals surface area contributed by atoms with Crippen LogP contribution in [-0.2, 0) is 4.79 Å². The molecule has 1 atom stereocenters. The normalized spacial score (nSPS) is 12.3. The van der Waals surface area contributed by atoms with Gasteiger partial charge in [-0.3, -0.25) is 0 Å². The predicted octanol–water partition coefficient (Wildman–Crippen LogP) is 2.82. The molecule has 1 heterocycles. The number of nitrogens with one attached hydrogen (secondary N) is 1. The van der Waals surface area contributed by atoms with Crippen LogP contribution in [0.2, 0.25) is 5.28 Å². The first kappa shape index (κ1) is 17.1. The minimum Gasteiger partial charge on any atom is -0.493 e. The SMILES string of the molecule is COc1cc2nc(Cl)nc(NC(C(=O)O)C(C)C)c2cc1OC. The van der Waals surface area contributed by atoms with Crippen molar-refractivity contribution in [2.75, 3.05) is 19.5 Å². The van der Waals surface area contributed by atoms with Gasteiger partial charge in [-0.25, -0.2) is 14.8 Å². The van der Waals surface area contributed by atoms with Gasteiger partial charge in [-0.05, 0) is 23.6 Å². The summed E-state index contributed by atoms with van der Waals surface area (Å²) >= 11 is 5.95. The Morgan fingerprint density at radius 2 is 1.83 bits per heavy atom. The van der Waals surface area contributed by atoms with Gasteiger partial charge in [0, 0.05) is 11.5 Å². The van der Waals surface area contributed by atoms with Crippen molar-refractivity contribution >= 4 is 34.3 Å². The van der Waals surface area contributed by atoms with E-state index in [1.54, 1.807) is 26.0 Å². The van der Waals surface area contributed by atoms with Crippen molar-refractivity contribution in [3.63, 3.8) is 0 Å². The zero-order valence-electron chi connectivity index (χ0n) is 13.3. The van der Waals surface area contributed by atoms with Gasteiger partial charge >= 0.3 is 5.97 Å². The monoisotopic (exact) mass is 339 g/mol. The first-order valence-electron chi connectivity index (χ1n) is 6.96. The summed E-state index contributed by atoms with van der Waals surface area (Å²) in [4.78, 5) is 19.7. The van der Waals surface area contributed by atoms with Crippen LogP contribution < -0.4 is 14.8 Å². The first-order valence-corrected chi connectivity index (χ1v) is 7.33. The summed E-state index contributed by atoms with van der Waals surface area (Å²) in [5.74, 6) is 0.214. The maximum absolute atomic E-state index is 11.4. The molecule has 1 aromatic heterocycles. The minimum absolute atomic E-state index is 0.0140. The summed E-state index contributed by atoms with van der Waals surface area (Å²) < 4.78 is 10.5. The predicted molar refractivity (Wildman–Crippen MR) is 87.5 cm³/mol. The molecule has 2 N–H and O–H groups in total. The highest BCUT2D eigenvalue weighted by molar-refractivity contribution is 6.28. The molecule has 0 spiro atoms. The van der Waals surface area contributed by atoms with Crippen LogP contribution in [-0.4, -0.2) is 41.3 Å². The van der Waals surface area contributed by atoms with E-state index in [2.05, 4.69) is 15.3 Å². The van der Waals surface area contributed by atoms with Gasteiger partial charge in [0.1, 0.15) is 11.9 Å². The minimum atomic E-state index is -0.969. The number of nitrogens with zero attached hydrogens (tertiary/aromatic N) is 2. The number of ether oxygens (including phenoxy) is 2. The third-order valence-electron chi connectivity index (χ3n) is 3.40. The van der Waals surface area contributed by atoms with E-state index in [4.69, 9.17) is 21.1 Å². The highest BCUT2D eigenvalue weighted by atomic mass is 35.5. The number of anilines is 1. The molecular weight excluding hydrogens is 322 g/mol. The maximum Gasteiger partial charge on any atom is 0.326 e. The molecule has 8 heteroatoms. The highest BCUT2D eigenvalue weighted by Gasteiger charge is 2.23. The molecule has 23 heavy (non-hydrogen) atoms. The van der Waals surface area contributed by atoms with E-state index in [-0.39, 0.29) is 11.2 Å². The summed E-state index contributed by atoms with van der Waals surface area (Å²) in [6.45, 7) is 3.61. The van der Waals surface area contributed by atoms with Gasteiger partial charge in [0.05, 0.1) is 19.7 Å². The first-order chi connectivity index (χ1) is 10.9. The van der Waals surface area contributed by atoms with E-state index in [0.717, 1.165) is 0 Å². The van der Waals surface area contributed by atoms with E-state index in [1.807, 2.05) is 0 Å². The Labute approximate surface area is 138 Å². The van der Waals surface area contributed by atoms with E-state index in [9.17, 15) is 9.90 Å². The van der Waals surface area contributed by atoms with Gasteiger partial charge in [0.15, 0.2) is 11.5 Å². The summed E-state index contributed by atoms with van der Waals surface area (Å²) in [5, 5.41) is 12.9. The number of carboxylic acid groups (broad SMARTS) is 1. The molecule has 0 aliphatic heterocycles. The number of aliphatic carboxylic acids is 1.